The highest BCUT2D eigenvalue weighted by molar-refractivity contribution is 6.40. The van der Waals surface area contributed by atoms with Gasteiger partial charge in [-0.2, -0.15) is 0 Å². The van der Waals surface area contributed by atoms with Crippen LogP contribution in [0.25, 0.3) is 0 Å². The number of carbonyl (C=O) groups is 3. The second kappa shape index (κ2) is 9.63. The summed E-state index contributed by atoms with van der Waals surface area (Å²) in [6, 6.07) is 22.0. The lowest BCUT2D eigenvalue weighted by Gasteiger charge is -2.38. The topological polar surface area (TPSA) is 75.7 Å². The maximum absolute atomic E-state index is 14.0. The first-order valence-corrected chi connectivity index (χ1v) is 13.7. The number of nitrogens with zero attached hydrogens (tertiary/aromatic N) is 1. The summed E-state index contributed by atoms with van der Waals surface area (Å²) >= 11 is 0. The minimum Gasteiger partial charge on any atom is -0.494 e. The summed E-state index contributed by atoms with van der Waals surface area (Å²) in [5.74, 6) is 0.217. The molecule has 0 bridgehead atoms. The van der Waals surface area contributed by atoms with Crippen LogP contribution in [0.1, 0.15) is 72.9 Å². The summed E-state index contributed by atoms with van der Waals surface area (Å²) in [4.78, 5) is 43.3. The number of allylic oxidation sites excluding steroid dienone is 3. The van der Waals surface area contributed by atoms with Crippen LogP contribution in [0.15, 0.2) is 95.3 Å². The molecule has 1 heterocycles. The Morgan fingerprint density at radius 1 is 0.900 bits per heavy atom. The highest BCUT2D eigenvalue weighted by Gasteiger charge is 2.44. The summed E-state index contributed by atoms with van der Waals surface area (Å²) in [6.07, 6.45) is 1.10. The van der Waals surface area contributed by atoms with E-state index in [9.17, 15) is 14.4 Å². The largest absolute Gasteiger partial charge is 0.494 e. The molecule has 3 aromatic carbocycles. The Labute approximate surface area is 234 Å². The van der Waals surface area contributed by atoms with E-state index in [1.165, 1.54) is 0 Å². The Morgan fingerprint density at radius 3 is 2.17 bits per heavy atom. The van der Waals surface area contributed by atoms with Crippen molar-refractivity contribution in [1.82, 2.24) is 0 Å². The lowest BCUT2D eigenvalue weighted by molar-refractivity contribution is -0.118. The van der Waals surface area contributed by atoms with Crippen molar-refractivity contribution in [3.63, 3.8) is 0 Å². The highest BCUT2D eigenvalue weighted by atomic mass is 16.5. The third kappa shape index (κ3) is 4.15. The normalized spacial score (nSPS) is 19.5. The van der Waals surface area contributed by atoms with E-state index < -0.39 is 6.04 Å². The summed E-state index contributed by atoms with van der Waals surface area (Å²) < 4.78 is 5.70. The first kappa shape index (κ1) is 25.8. The Balaban J connectivity index is 1.63. The fraction of sp³-hybridized carbons (Fsp3) is 0.265. The van der Waals surface area contributed by atoms with Crippen molar-refractivity contribution in [2.24, 2.45) is 5.41 Å². The molecule has 1 unspecified atom stereocenters. The third-order valence-electron chi connectivity index (χ3n) is 8.00. The van der Waals surface area contributed by atoms with Gasteiger partial charge in [0.05, 0.1) is 29.6 Å². The van der Waals surface area contributed by atoms with Crippen LogP contribution in [0.3, 0.4) is 0 Å². The molecule has 6 rings (SSSR count). The lowest BCUT2D eigenvalue weighted by atomic mass is 9.73. The summed E-state index contributed by atoms with van der Waals surface area (Å²) in [6.45, 7) is 8.52. The first-order valence-electron chi connectivity index (χ1n) is 13.7. The van der Waals surface area contributed by atoms with Crippen LogP contribution in [0.4, 0.5) is 11.4 Å². The summed E-state index contributed by atoms with van der Waals surface area (Å²) in [7, 11) is 0. The van der Waals surface area contributed by atoms with Gasteiger partial charge in [0.25, 0.3) is 0 Å². The van der Waals surface area contributed by atoms with Gasteiger partial charge in [-0.1, -0.05) is 62.4 Å². The fourth-order valence-corrected chi connectivity index (χ4v) is 6.29. The summed E-state index contributed by atoms with van der Waals surface area (Å²) in [5, 5.41) is 3.59. The van der Waals surface area contributed by atoms with Crippen molar-refractivity contribution >= 4 is 28.7 Å². The molecule has 0 fully saturated rings. The van der Waals surface area contributed by atoms with E-state index in [0.717, 1.165) is 28.4 Å². The maximum atomic E-state index is 14.0. The van der Waals surface area contributed by atoms with Crippen LogP contribution in [0.5, 0.6) is 5.75 Å². The Bertz CT molecular complexity index is 1590. The third-order valence-corrected chi connectivity index (χ3v) is 8.00. The van der Waals surface area contributed by atoms with E-state index >= 15 is 0 Å². The number of ether oxygens (including phenoxy) is 1. The van der Waals surface area contributed by atoms with E-state index in [1.54, 1.807) is 24.3 Å². The van der Waals surface area contributed by atoms with Crippen molar-refractivity contribution in [2.45, 2.75) is 46.6 Å². The first-order chi connectivity index (χ1) is 19.2. The zero-order chi connectivity index (χ0) is 28.2. The van der Waals surface area contributed by atoms with E-state index in [4.69, 9.17) is 4.74 Å². The van der Waals surface area contributed by atoms with Gasteiger partial charge in [-0.3, -0.25) is 14.4 Å². The number of ketones is 3. The van der Waals surface area contributed by atoms with Gasteiger partial charge in [-0.15, -0.1) is 0 Å². The number of fused-ring (bicyclic) bond motifs is 2. The van der Waals surface area contributed by atoms with Crippen LogP contribution in [0.2, 0.25) is 0 Å². The average Bonchev–Trinajstić information content (AvgIpc) is 3.08. The minimum absolute atomic E-state index is 0.0561. The number of Topliss-reactive ketones (excluding diaryl/α,β-unsaturated/α-hetero) is 3. The molecule has 6 heteroatoms. The van der Waals surface area contributed by atoms with E-state index in [0.29, 0.717) is 41.8 Å². The van der Waals surface area contributed by atoms with Crippen LogP contribution >= 0.6 is 0 Å². The predicted octanol–water partition coefficient (Wildman–Crippen LogP) is 7.05. The van der Waals surface area contributed by atoms with E-state index in [1.807, 2.05) is 67.3 Å². The predicted molar refractivity (Wildman–Crippen MR) is 156 cm³/mol. The van der Waals surface area contributed by atoms with Crippen LogP contribution in [0, 0.1) is 5.41 Å². The van der Waals surface area contributed by atoms with Crippen LogP contribution < -0.4 is 15.0 Å². The fourth-order valence-electron chi connectivity index (χ4n) is 6.29. The number of hydrogen-bond acceptors (Lipinski definition) is 6. The van der Waals surface area contributed by atoms with E-state index in [-0.39, 0.29) is 28.3 Å². The molecule has 202 valence electrons. The van der Waals surface area contributed by atoms with Gasteiger partial charge in [0.1, 0.15) is 5.75 Å². The lowest BCUT2D eigenvalue weighted by Crippen LogP contribution is -2.36. The van der Waals surface area contributed by atoms with Crippen molar-refractivity contribution in [1.29, 1.82) is 0 Å². The van der Waals surface area contributed by atoms with Gasteiger partial charge in [-0.25, -0.2) is 0 Å². The van der Waals surface area contributed by atoms with Gasteiger partial charge in [0, 0.05) is 34.5 Å². The van der Waals surface area contributed by atoms with Gasteiger partial charge in [0.2, 0.25) is 0 Å². The molecule has 1 aliphatic heterocycles. The molecule has 6 nitrogen and oxygen atoms in total. The molecule has 0 radical (unpaired) electrons. The molecular formula is C34H32N2O4. The number of carbonyl (C=O) groups excluding carboxylic acids is 3. The number of nitrogens with one attached hydrogen (secondary N) is 1. The minimum atomic E-state index is -0.553. The van der Waals surface area contributed by atoms with Gasteiger partial charge in [0.15, 0.2) is 17.3 Å². The molecular weight excluding hydrogens is 500 g/mol. The molecule has 0 amide bonds. The van der Waals surface area contributed by atoms with Crippen molar-refractivity contribution in [3.8, 4) is 5.75 Å². The standard InChI is InChI=1S/C34H32N2O4/c1-5-40-22-16-14-21(15-17-22)31-30-26(18-34(3,4)19-28(30)37)35-25-12-8-9-13-27(25)36(31)20(2)29-32(38)23-10-6-7-11-24(23)33(29)39/h6-17,31,35H,5,18-19H2,1-4H3. The zero-order valence-corrected chi connectivity index (χ0v) is 23.2. The molecule has 1 N–H and O–H groups in total. The van der Waals surface area contributed by atoms with Gasteiger partial charge >= 0.3 is 0 Å². The number of para-hydroxylation sites is 2. The number of hydrogen-bond donors (Lipinski definition) is 1. The Morgan fingerprint density at radius 2 is 1.52 bits per heavy atom. The SMILES string of the molecule is CCOc1ccc(C2C3=C(CC(C)(C)CC3=O)Nc3ccccc3N2C(C)=C2C(=O)c3ccccc3C2=O)cc1. The zero-order valence-electron chi connectivity index (χ0n) is 23.2. The quantitative estimate of drug-likeness (QED) is 0.287. The van der Waals surface area contributed by atoms with Crippen molar-refractivity contribution < 1.29 is 19.1 Å². The molecule has 3 aliphatic rings. The van der Waals surface area contributed by atoms with Gasteiger partial charge in [-0.05, 0) is 55.5 Å². The summed E-state index contributed by atoms with van der Waals surface area (Å²) in [5.41, 5.74) is 5.31. The monoisotopic (exact) mass is 532 g/mol. The number of rotatable bonds is 4. The van der Waals surface area contributed by atoms with Crippen molar-refractivity contribution in [2.75, 3.05) is 16.8 Å². The number of anilines is 2. The maximum Gasteiger partial charge on any atom is 0.199 e. The Hall–Kier alpha value is -4.45. The second-order valence-electron chi connectivity index (χ2n) is 11.4. The highest BCUT2D eigenvalue weighted by Crippen LogP contribution is 2.50. The molecule has 3 aromatic rings. The molecule has 0 aromatic heterocycles. The van der Waals surface area contributed by atoms with Crippen molar-refractivity contribution in [3.05, 3.63) is 112 Å². The smallest absolute Gasteiger partial charge is 0.199 e. The number of benzene rings is 3. The van der Waals surface area contributed by atoms with E-state index in [2.05, 4.69) is 19.2 Å². The molecule has 0 saturated carbocycles. The Kier molecular flexibility index (Phi) is 6.21. The molecule has 0 saturated heterocycles. The van der Waals surface area contributed by atoms with Crippen LogP contribution in [-0.4, -0.2) is 24.0 Å². The molecule has 1 atom stereocenters. The van der Waals surface area contributed by atoms with Gasteiger partial charge < -0.3 is 15.0 Å². The molecule has 0 spiro atoms. The second-order valence-corrected chi connectivity index (χ2v) is 11.4. The molecule has 40 heavy (non-hydrogen) atoms. The average molecular weight is 533 g/mol. The van der Waals surface area contributed by atoms with Crippen LogP contribution in [-0.2, 0) is 4.79 Å². The molecule has 2 aliphatic carbocycles.